The van der Waals surface area contributed by atoms with Crippen molar-refractivity contribution in [3.63, 3.8) is 0 Å². The molecule has 0 atom stereocenters. The molecule has 0 saturated carbocycles. The van der Waals surface area contributed by atoms with Gasteiger partial charge < -0.3 is 5.53 Å². The molecule has 0 bridgehead atoms. The first-order valence-corrected chi connectivity index (χ1v) is 3.16. The van der Waals surface area contributed by atoms with Crippen molar-refractivity contribution >= 4 is 11.5 Å². The van der Waals surface area contributed by atoms with Crippen molar-refractivity contribution in [2.45, 2.75) is 19.8 Å². The van der Waals surface area contributed by atoms with E-state index in [0.717, 1.165) is 12.0 Å². The molecule has 0 amide bonds. The average Bonchev–Trinajstić information content (AvgIpc) is 1.88. The number of carbonyl (C=O) groups is 1. The molecule has 0 aromatic rings. The topological polar surface area (TPSA) is 53.5 Å². The van der Waals surface area contributed by atoms with Crippen LogP contribution in [0.2, 0.25) is 0 Å². The van der Waals surface area contributed by atoms with Crippen molar-refractivity contribution in [3.05, 3.63) is 17.2 Å². The van der Waals surface area contributed by atoms with Crippen LogP contribution in [-0.4, -0.2) is 16.3 Å². The number of carbonyl (C=O) groups excluding carboxylic acids is 1. The largest absolute Gasteiger partial charge is 0.361 e. The summed E-state index contributed by atoms with van der Waals surface area (Å²) >= 11 is 0. The smallest absolute Gasteiger partial charge is 0.339 e. The molecule has 0 N–H and O–H groups in total. The lowest BCUT2D eigenvalue weighted by atomic mass is 9.98. The second-order valence-corrected chi connectivity index (χ2v) is 2.40. The molecular weight excluding hydrogens is 128 g/mol. The molecule has 0 unspecified atom stereocenters. The first-order valence-electron chi connectivity index (χ1n) is 3.16. The van der Waals surface area contributed by atoms with E-state index in [4.69, 9.17) is 5.53 Å². The van der Waals surface area contributed by atoms with Gasteiger partial charge in [0.2, 0.25) is 0 Å². The monoisotopic (exact) mass is 136 g/mol. The maximum atomic E-state index is 10.9. The highest BCUT2D eigenvalue weighted by atomic mass is 16.1. The molecule has 10 heavy (non-hydrogen) atoms. The second-order valence-electron chi connectivity index (χ2n) is 2.40. The Bertz CT molecular complexity index is 246. The Morgan fingerprint density at radius 3 is 2.80 bits per heavy atom. The molecule has 52 valence electrons. The number of ketones is 1. The van der Waals surface area contributed by atoms with Crippen LogP contribution in [0, 0.1) is 0 Å². The SMILES string of the molecule is CC1=CC(=O)C(=[N+]=[N-])CC1. The van der Waals surface area contributed by atoms with Gasteiger partial charge in [0.25, 0.3) is 5.78 Å². The third kappa shape index (κ3) is 1.20. The summed E-state index contributed by atoms with van der Waals surface area (Å²) in [5.74, 6) is -0.161. The van der Waals surface area contributed by atoms with Gasteiger partial charge in [-0.2, -0.15) is 4.79 Å². The minimum absolute atomic E-state index is 0.161. The Morgan fingerprint density at radius 2 is 2.30 bits per heavy atom. The maximum absolute atomic E-state index is 10.9. The van der Waals surface area contributed by atoms with Crippen LogP contribution in [0.5, 0.6) is 0 Å². The summed E-state index contributed by atoms with van der Waals surface area (Å²) in [7, 11) is 0. The average molecular weight is 136 g/mol. The summed E-state index contributed by atoms with van der Waals surface area (Å²) in [6, 6.07) is 0. The number of nitrogens with zero attached hydrogens (tertiary/aromatic N) is 2. The first kappa shape index (κ1) is 6.90. The number of hydrogen-bond donors (Lipinski definition) is 0. The van der Waals surface area contributed by atoms with E-state index in [1.807, 2.05) is 6.92 Å². The Labute approximate surface area is 59.0 Å². The van der Waals surface area contributed by atoms with Gasteiger partial charge >= 0.3 is 5.71 Å². The molecule has 0 fully saturated rings. The van der Waals surface area contributed by atoms with Crippen LogP contribution >= 0.6 is 0 Å². The molecule has 0 aliphatic heterocycles. The van der Waals surface area contributed by atoms with E-state index < -0.39 is 0 Å². The van der Waals surface area contributed by atoms with Crippen molar-refractivity contribution in [1.82, 2.24) is 0 Å². The van der Waals surface area contributed by atoms with Gasteiger partial charge in [0, 0.05) is 0 Å². The zero-order valence-corrected chi connectivity index (χ0v) is 5.79. The lowest BCUT2D eigenvalue weighted by molar-refractivity contribution is -0.113. The van der Waals surface area contributed by atoms with Crippen LogP contribution in [0.1, 0.15) is 19.8 Å². The number of allylic oxidation sites excluding steroid dienone is 2. The molecule has 1 aliphatic rings. The lowest BCUT2D eigenvalue weighted by Crippen LogP contribution is -2.16. The Hall–Kier alpha value is -1.21. The Balaban J connectivity index is 2.94. The van der Waals surface area contributed by atoms with Crippen molar-refractivity contribution < 1.29 is 9.58 Å². The Kier molecular flexibility index (Phi) is 1.78. The molecule has 0 spiro atoms. The lowest BCUT2D eigenvalue weighted by Gasteiger charge is -2.01. The van der Waals surface area contributed by atoms with Crippen LogP contribution in [0.4, 0.5) is 0 Å². The minimum Gasteiger partial charge on any atom is -0.361 e. The number of rotatable bonds is 0. The van der Waals surface area contributed by atoms with Crippen LogP contribution in [-0.2, 0) is 4.79 Å². The van der Waals surface area contributed by atoms with Gasteiger partial charge in [-0.15, -0.1) is 0 Å². The van der Waals surface area contributed by atoms with Crippen molar-refractivity contribution in [1.29, 1.82) is 0 Å². The molecule has 0 aromatic heterocycles. The summed E-state index contributed by atoms with van der Waals surface area (Å²) in [5, 5.41) is 0. The Morgan fingerprint density at radius 1 is 1.60 bits per heavy atom. The van der Waals surface area contributed by atoms with E-state index in [9.17, 15) is 4.79 Å². The summed E-state index contributed by atoms with van der Waals surface area (Å²) in [5.41, 5.74) is 9.61. The van der Waals surface area contributed by atoms with Crippen LogP contribution in [0.3, 0.4) is 0 Å². The standard InChI is InChI=1S/C7H8N2O/c1-5-2-3-6(9-8)7(10)4-5/h4H,2-3H2,1H3. The van der Waals surface area contributed by atoms with Gasteiger partial charge in [-0.3, -0.25) is 4.79 Å². The molecular formula is C7H8N2O. The fraction of sp³-hybridized carbons (Fsp3) is 0.429. The quantitative estimate of drug-likeness (QED) is 0.361. The van der Waals surface area contributed by atoms with Gasteiger partial charge in [-0.05, 0) is 19.4 Å². The van der Waals surface area contributed by atoms with E-state index >= 15 is 0 Å². The normalized spacial score (nSPS) is 18.3. The van der Waals surface area contributed by atoms with E-state index in [1.165, 1.54) is 6.08 Å². The summed E-state index contributed by atoms with van der Waals surface area (Å²) in [6.07, 6.45) is 2.90. The van der Waals surface area contributed by atoms with Crippen molar-refractivity contribution in [2.75, 3.05) is 0 Å². The molecule has 0 radical (unpaired) electrons. The third-order valence-corrected chi connectivity index (χ3v) is 1.54. The van der Waals surface area contributed by atoms with Gasteiger partial charge in [-0.1, -0.05) is 5.57 Å². The van der Waals surface area contributed by atoms with Gasteiger partial charge in [0.15, 0.2) is 0 Å². The van der Waals surface area contributed by atoms with E-state index in [1.54, 1.807) is 0 Å². The highest BCUT2D eigenvalue weighted by Gasteiger charge is 2.21. The van der Waals surface area contributed by atoms with Crippen LogP contribution in [0.25, 0.3) is 5.53 Å². The molecule has 0 aromatic carbocycles. The van der Waals surface area contributed by atoms with E-state index in [0.29, 0.717) is 6.42 Å². The zero-order valence-electron chi connectivity index (χ0n) is 5.79. The zero-order chi connectivity index (χ0) is 7.56. The molecule has 1 aliphatic carbocycles. The highest BCUT2D eigenvalue weighted by Crippen LogP contribution is 2.10. The van der Waals surface area contributed by atoms with Crippen LogP contribution < -0.4 is 0 Å². The summed E-state index contributed by atoms with van der Waals surface area (Å²) in [4.78, 5) is 13.8. The highest BCUT2D eigenvalue weighted by molar-refractivity contribution is 6.42. The van der Waals surface area contributed by atoms with E-state index in [-0.39, 0.29) is 11.5 Å². The molecule has 3 heteroatoms. The fourth-order valence-electron chi connectivity index (χ4n) is 0.917. The predicted molar refractivity (Wildman–Crippen MR) is 36.6 cm³/mol. The van der Waals surface area contributed by atoms with Crippen molar-refractivity contribution in [2.24, 2.45) is 0 Å². The third-order valence-electron chi connectivity index (χ3n) is 1.54. The van der Waals surface area contributed by atoms with Gasteiger partial charge in [0.05, 0.1) is 6.42 Å². The van der Waals surface area contributed by atoms with Crippen LogP contribution in [0.15, 0.2) is 11.6 Å². The minimum atomic E-state index is -0.161. The maximum Gasteiger partial charge on any atom is 0.339 e. The first-order chi connectivity index (χ1) is 4.74. The predicted octanol–water partition coefficient (Wildman–Crippen LogP) is 0.966. The van der Waals surface area contributed by atoms with Gasteiger partial charge in [-0.25, -0.2) is 0 Å². The summed E-state index contributed by atoms with van der Waals surface area (Å²) < 4.78 is 0. The summed E-state index contributed by atoms with van der Waals surface area (Å²) in [6.45, 7) is 1.89. The molecule has 1 rings (SSSR count). The molecule has 0 saturated heterocycles. The fourth-order valence-corrected chi connectivity index (χ4v) is 0.917. The second kappa shape index (κ2) is 2.58. The van der Waals surface area contributed by atoms with Gasteiger partial charge in [0.1, 0.15) is 0 Å². The van der Waals surface area contributed by atoms with Crippen molar-refractivity contribution in [3.8, 4) is 0 Å². The van der Waals surface area contributed by atoms with E-state index in [2.05, 4.69) is 4.79 Å². The molecule has 3 nitrogen and oxygen atoms in total. The number of hydrogen-bond acceptors (Lipinski definition) is 1. The molecule has 0 heterocycles.